The van der Waals surface area contributed by atoms with Crippen LogP contribution in [0, 0.1) is 11.7 Å². The average molecular weight is 345 g/mol. The van der Waals surface area contributed by atoms with E-state index in [2.05, 4.69) is 16.9 Å². The van der Waals surface area contributed by atoms with Gasteiger partial charge in [-0.05, 0) is 62.2 Å². The quantitative estimate of drug-likeness (QED) is 0.902. The summed E-state index contributed by atoms with van der Waals surface area (Å²) in [6.45, 7) is 4.91. The Hall–Kier alpha value is -2.05. The molecule has 1 aromatic carbocycles. The van der Waals surface area contributed by atoms with E-state index >= 15 is 0 Å². The van der Waals surface area contributed by atoms with Crippen molar-refractivity contribution in [3.8, 4) is 11.3 Å². The van der Waals surface area contributed by atoms with Crippen molar-refractivity contribution >= 4 is 0 Å². The highest BCUT2D eigenvalue weighted by molar-refractivity contribution is 5.57. The van der Waals surface area contributed by atoms with Crippen molar-refractivity contribution in [1.29, 1.82) is 0 Å². The summed E-state index contributed by atoms with van der Waals surface area (Å²) in [5, 5.41) is 14.7. The largest absolute Gasteiger partial charge is 0.390 e. The van der Waals surface area contributed by atoms with E-state index in [9.17, 15) is 14.3 Å². The predicted octanol–water partition coefficient (Wildman–Crippen LogP) is 2.14. The van der Waals surface area contributed by atoms with E-state index in [1.807, 2.05) is 0 Å². The average Bonchev–Trinajstić information content (AvgIpc) is 2.60. The molecule has 6 heteroatoms. The van der Waals surface area contributed by atoms with Crippen molar-refractivity contribution in [1.82, 2.24) is 14.7 Å². The molecule has 0 amide bonds. The maximum atomic E-state index is 13.1. The Bertz CT molecular complexity index is 752. The van der Waals surface area contributed by atoms with E-state index in [1.54, 1.807) is 18.2 Å². The summed E-state index contributed by atoms with van der Waals surface area (Å²) < 4.78 is 14.3. The number of aromatic nitrogens is 2. The topological polar surface area (TPSA) is 58.4 Å². The summed E-state index contributed by atoms with van der Waals surface area (Å²) >= 11 is 0. The van der Waals surface area contributed by atoms with Crippen molar-refractivity contribution in [3.05, 3.63) is 52.6 Å². The SMILES string of the molecule is CC1CCN(C[C@H](O)Cn2nc(-c3ccc(F)cc3)ccc2=O)CC1. The third kappa shape index (κ3) is 4.74. The van der Waals surface area contributed by atoms with Crippen LogP contribution in [0.15, 0.2) is 41.2 Å². The molecule has 0 unspecified atom stereocenters. The minimum absolute atomic E-state index is 0.153. The number of piperidine rings is 1. The number of aliphatic hydroxyl groups is 1. The lowest BCUT2D eigenvalue weighted by Gasteiger charge is -2.31. The minimum Gasteiger partial charge on any atom is -0.390 e. The molecule has 0 saturated carbocycles. The lowest BCUT2D eigenvalue weighted by Crippen LogP contribution is -2.41. The fourth-order valence-electron chi connectivity index (χ4n) is 3.15. The van der Waals surface area contributed by atoms with Crippen LogP contribution in [0.25, 0.3) is 11.3 Å². The molecule has 1 saturated heterocycles. The lowest BCUT2D eigenvalue weighted by atomic mass is 9.99. The van der Waals surface area contributed by atoms with Gasteiger partial charge in [0, 0.05) is 18.2 Å². The second kappa shape index (κ2) is 7.89. The van der Waals surface area contributed by atoms with Gasteiger partial charge in [0.2, 0.25) is 0 Å². The number of aliphatic hydroxyl groups excluding tert-OH is 1. The maximum Gasteiger partial charge on any atom is 0.266 e. The Labute approximate surface area is 146 Å². The first-order valence-electron chi connectivity index (χ1n) is 8.76. The molecule has 0 spiro atoms. The second-order valence-electron chi connectivity index (χ2n) is 6.88. The Morgan fingerprint density at radius 3 is 2.52 bits per heavy atom. The summed E-state index contributed by atoms with van der Waals surface area (Å²) in [5.74, 6) is 0.424. The predicted molar refractivity (Wildman–Crippen MR) is 94.7 cm³/mol. The Morgan fingerprint density at radius 2 is 1.84 bits per heavy atom. The third-order valence-corrected chi connectivity index (χ3v) is 4.74. The number of nitrogens with zero attached hydrogens (tertiary/aromatic N) is 3. The van der Waals surface area contributed by atoms with Crippen LogP contribution in [0.2, 0.25) is 0 Å². The first-order chi connectivity index (χ1) is 12.0. The third-order valence-electron chi connectivity index (χ3n) is 4.74. The first kappa shape index (κ1) is 17.8. The molecule has 1 N–H and O–H groups in total. The van der Waals surface area contributed by atoms with Gasteiger partial charge in [0.15, 0.2) is 0 Å². The second-order valence-corrected chi connectivity index (χ2v) is 6.88. The summed E-state index contributed by atoms with van der Waals surface area (Å²) in [5.41, 5.74) is 1.06. The standard InChI is InChI=1S/C19H24FN3O2/c1-14-8-10-22(11-9-14)12-17(24)13-23-19(25)7-6-18(21-23)15-2-4-16(20)5-3-15/h2-7,14,17,24H,8-13H2,1H3/t17-/m0/s1. The van der Waals surface area contributed by atoms with Gasteiger partial charge in [-0.15, -0.1) is 0 Å². The summed E-state index contributed by atoms with van der Waals surface area (Å²) in [6, 6.07) is 9.01. The molecular weight excluding hydrogens is 321 g/mol. The molecule has 1 fully saturated rings. The zero-order valence-electron chi connectivity index (χ0n) is 14.4. The molecule has 5 nitrogen and oxygen atoms in total. The van der Waals surface area contributed by atoms with E-state index in [0.29, 0.717) is 12.2 Å². The highest BCUT2D eigenvalue weighted by Gasteiger charge is 2.19. The molecule has 134 valence electrons. The molecule has 0 aliphatic carbocycles. The lowest BCUT2D eigenvalue weighted by molar-refractivity contribution is 0.0767. The van der Waals surface area contributed by atoms with Crippen LogP contribution < -0.4 is 5.56 Å². The number of β-amino-alcohol motifs (C(OH)–C–C–N with tert-alkyl or cyclic N) is 1. The molecule has 2 aromatic rings. The highest BCUT2D eigenvalue weighted by atomic mass is 19.1. The van der Waals surface area contributed by atoms with Crippen LogP contribution in [-0.4, -0.2) is 45.5 Å². The maximum absolute atomic E-state index is 13.1. The normalized spacial score (nSPS) is 17.6. The minimum atomic E-state index is -0.651. The molecule has 0 radical (unpaired) electrons. The van der Waals surface area contributed by atoms with Crippen molar-refractivity contribution in [2.75, 3.05) is 19.6 Å². The van der Waals surface area contributed by atoms with Crippen molar-refractivity contribution in [2.45, 2.75) is 32.4 Å². The van der Waals surface area contributed by atoms with Crippen LogP contribution >= 0.6 is 0 Å². The van der Waals surface area contributed by atoms with Crippen molar-refractivity contribution in [3.63, 3.8) is 0 Å². The number of hydrogen-bond donors (Lipinski definition) is 1. The summed E-state index contributed by atoms with van der Waals surface area (Å²) in [7, 11) is 0. The van der Waals surface area contributed by atoms with Gasteiger partial charge in [-0.25, -0.2) is 9.07 Å². The monoisotopic (exact) mass is 345 g/mol. The number of rotatable bonds is 5. The Balaban J connectivity index is 1.68. The van der Waals surface area contributed by atoms with Gasteiger partial charge in [-0.1, -0.05) is 6.92 Å². The smallest absolute Gasteiger partial charge is 0.266 e. The molecule has 1 aliphatic rings. The van der Waals surface area contributed by atoms with E-state index in [0.717, 1.165) is 37.4 Å². The van der Waals surface area contributed by atoms with E-state index in [1.165, 1.54) is 22.9 Å². The highest BCUT2D eigenvalue weighted by Crippen LogP contribution is 2.17. The van der Waals surface area contributed by atoms with Crippen LogP contribution in [-0.2, 0) is 6.54 Å². The number of halogens is 1. The molecule has 0 bridgehead atoms. The molecule has 1 atom stereocenters. The van der Waals surface area contributed by atoms with E-state index < -0.39 is 6.10 Å². The van der Waals surface area contributed by atoms with Crippen LogP contribution in [0.1, 0.15) is 19.8 Å². The summed E-state index contributed by atoms with van der Waals surface area (Å²) in [6.07, 6.45) is 1.64. The van der Waals surface area contributed by atoms with Crippen molar-refractivity contribution < 1.29 is 9.50 Å². The molecule has 1 aliphatic heterocycles. The van der Waals surface area contributed by atoms with Gasteiger partial charge in [0.1, 0.15) is 5.82 Å². The number of benzene rings is 1. The van der Waals surface area contributed by atoms with Gasteiger partial charge < -0.3 is 10.0 Å². The van der Waals surface area contributed by atoms with Gasteiger partial charge in [-0.2, -0.15) is 5.10 Å². The summed E-state index contributed by atoms with van der Waals surface area (Å²) in [4.78, 5) is 14.3. The fraction of sp³-hybridized carbons (Fsp3) is 0.474. The fourth-order valence-corrected chi connectivity index (χ4v) is 3.15. The van der Waals surface area contributed by atoms with E-state index in [-0.39, 0.29) is 17.9 Å². The Kier molecular flexibility index (Phi) is 5.60. The Morgan fingerprint density at radius 1 is 1.16 bits per heavy atom. The van der Waals surface area contributed by atoms with Crippen LogP contribution in [0.5, 0.6) is 0 Å². The van der Waals surface area contributed by atoms with Gasteiger partial charge in [0.05, 0.1) is 18.3 Å². The number of hydrogen-bond acceptors (Lipinski definition) is 4. The van der Waals surface area contributed by atoms with Gasteiger partial charge in [-0.3, -0.25) is 4.79 Å². The molecule has 25 heavy (non-hydrogen) atoms. The zero-order chi connectivity index (χ0) is 17.8. The molecule has 2 heterocycles. The van der Waals surface area contributed by atoms with Gasteiger partial charge >= 0.3 is 0 Å². The molecule has 3 rings (SSSR count). The van der Waals surface area contributed by atoms with Crippen LogP contribution in [0.3, 0.4) is 0 Å². The molecule has 1 aromatic heterocycles. The zero-order valence-corrected chi connectivity index (χ0v) is 14.4. The van der Waals surface area contributed by atoms with E-state index in [4.69, 9.17) is 0 Å². The van der Waals surface area contributed by atoms with Gasteiger partial charge in [0.25, 0.3) is 5.56 Å². The molecular formula is C19H24FN3O2. The number of likely N-dealkylation sites (tertiary alicyclic amines) is 1. The van der Waals surface area contributed by atoms with Crippen LogP contribution in [0.4, 0.5) is 4.39 Å². The first-order valence-corrected chi connectivity index (χ1v) is 8.76. The van der Waals surface area contributed by atoms with Crippen molar-refractivity contribution in [2.24, 2.45) is 5.92 Å².